The van der Waals surface area contributed by atoms with Crippen molar-refractivity contribution in [2.45, 2.75) is 6.54 Å². The quantitative estimate of drug-likeness (QED) is 0.894. The molecule has 0 aliphatic rings. The molecule has 0 bridgehead atoms. The third kappa shape index (κ3) is 2.38. The normalized spacial score (nSPS) is 10.4. The smallest absolute Gasteiger partial charge is 0.124 e. The summed E-state index contributed by atoms with van der Waals surface area (Å²) in [6.45, 7) is 0.665. The Hall–Kier alpha value is -1.81. The largest absolute Gasteiger partial charge is 0.497 e. The van der Waals surface area contributed by atoms with Gasteiger partial charge < -0.3 is 20.4 Å². The number of hydrogen-bond acceptors (Lipinski definition) is 3. The number of hydrogen-bond donors (Lipinski definition) is 2. The van der Waals surface area contributed by atoms with Crippen molar-refractivity contribution in [1.29, 1.82) is 0 Å². The summed E-state index contributed by atoms with van der Waals surface area (Å²) in [5.74, 6) is 2.30. The van der Waals surface area contributed by atoms with Gasteiger partial charge in [-0.1, -0.05) is 23.7 Å². The van der Waals surface area contributed by atoms with Gasteiger partial charge in [-0.3, -0.25) is 0 Å². The van der Waals surface area contributed by atoms with E-state index in [1.165, 1.54) is 0 Å². The predicted molar refractivity (Wildman–Crippen MR) is 75.5 cm³/mol. The van der Waals surface area contributed by atoms with Crippen LogP contribution in [0, 0.1) is 0 Å². The maximum atomic E-state index is 6.02. The third-order valence-electron chi connectivity index (χ3n) is 2.85. The van der Waals surface area contributed by atoms with Crippen LogP contribution in [0.5, 0.6) is 5.75 Å². The Morgan fingerprint density at radius 2 is 2.00 bits per heavy atom. The maximum absolute atomic E-state index is 6.02. The van der Waals surface area contributed by atoms with Gasteiger partial charge in [0, 0.05) is 13.1 Å². The minimum Gasteiger partial charge on any atom is -0.497 e. The van der Waals surface area contributed by atoms with Gasteiger partial charge in [0.25, 0.3) is 0 Å². The van der Waals surface area contributed by atoms with Crippen molar-refractivity contribution in [3.05, 3.63) is 40.9 Å². The van der Waals surface area contributed by atoms with Gasteiger partial charge in [-0.05, 0) is 17.7 Å². The SMILES string of the molecule is CNc1cc(Cl)c(N)n1Cc1ccc(OC)cc1. The number of ether oxygens (including phenoxy) is 1. The molecule has 0 aliphatic heterocycles. The summed E-state index contributed by atoms with van der Waals surface area (Å²) in [5, 5.41) is 3.64. The molecule has 2 rings (SSSR count). The molecule has 0 saturated carbocycles. The fourth-order valence-corrected chi connectivity index (χ4v) is 2.03. The van der Waals surface area contributed by atoms with Gasteiger partial charge in [-0.2, -0.15) is 0 Å². The molecule has 5 heteroatoms. The molecular formula is C13H16ClN3O. The van der Waals surface area contributed by atoms with Crippen LogP contribution in [-0.2, 0) is 6.54 Å². The first-order valence-corrected chi connectivity index (χ1v) is 5.98. The standard InChI is InChI=1S/C13H16ClN3O/c1-16-12-7-11(14)13(15)17(12)8-9-3-5-10(18-2)6-4-9/h3-7,16H,8,15H2,1-2H3. The zero-order chi connectivity index (χ0) is 13.1. The van der Waals surface area contributed by atoms with Gasteiger partial charge in [0.05, 0.1) is 18.7 Å². The van der Waals surface area contributed by atoms with E-state index < -0.39 is 0 Å². The number of benzene rings is 1. The highest BCUT2D eigenvalue weighted by Crippen LogP contribution is 2.28. The predicted octanol–water partition coefficient (Wildman–Crippen LogP) is 2.82. The fourth-order valence-electron chi connectivity index (χ4n) is 1.82. The molecule has 0 amide bonds. The molecule has 0 spiro atoms. The van der Waals surface area contributed by atoms with E-state index in [0.29, 0.717) is 17.4 Å². The van der Waals surface area contributed by atoms with Crippen LogP contribution in [0.1, 0.15) is 5.56 Å². The molecule has 2 aromatic rings. The summed E-state index contributed by atoms with van der Waals surface area (Å²) in [6, 6.07) is 9.68. The summed E-state index contributed by atoms with van der Waals surface area (Å²) in [6.07, 6.45) is 0. The molecule has 0 atom stereocenters. The van der Waals surface area contributed by atoms with E-state index in [9.17, 15) is 0 Å². The lowest BCUT2D eigenvalue weighted by Gasteiger charge is -2.11. The molecule has 3 N–H and O–H groups in total. The lowest BCUT2D eigenvalue weighted by atomic mass is 10.2. The molecule has 0 radical (unpaired) electrons. The summed E-state index contributed by atoms with van der Waals surface area (Å²) in [5.41, 5.74) is 7.08. The zero-order valence-electron chi connectivity index (χ0n) is 10.4. The first-order chi connectivity index (χ1) is 8.65. The maximum Gasteiger partial charge on any atom is 0.124 e. The van der Waals surface area contributed by atoms with Crippen LogP contribution in [0.15, 0.2) is 30.3 Å². The number of rotatable bonds is 4. The first-order valence-electron chi connectivity index (χ1n) is 5.61. The summed E-state index contributed by atoms with van der Waals surface area (Å²) >= 11 is 6.02. The molecule has 18 heavy (non-hydrogen) atoms. The van der Waals surface area contributed by atoms with Gasteiger partial charge in [0.2, 0.25) is 0 Å². The molecule has 0 aliphatic carbocycles. The summed E-state index contributed by atoms with van der Waals surface area (Å²) in [7, 11) is 3.49. The Morgan fingerprint density at radius 1 is 1.33 bits per heavy atom. The number of nitrogens with zero attached hydrogens (tertiary/aromatic N) is 1. The molecule has 0 saturated heterocycles. The highest BCUT2D eigenvalue weighted by Gasteiger charge is 2.10. The third-order valence-corrected chi connectivity index (χ3v) is 3.15. The molecular weight excluding hydrogens is 250 g/mol. The van der Waals surface area contributed by atoms with E-state index in [4.69, 9.17) is 22.1 Å². The monoisotopic (exact) mass is 265 g/mol. The molecule has 0 unspecified atom stereocenters. The highest BCUT2D eigenvalue weighted by molar-refractivity contribution is 6.33. The summed E-state index contributed by atoms with van der Waals surface area (Å²) in [4.78, 5) is 0. The van der Waals surface area contributed by atoms with Crippen molar-refractivity contribution in [3.8, 4) is 5.75 Å². The number of anilines is 2. The average Bonchev–Trinajstić information content (AvgIpc) is 2.67. The van der Waals surface area contributed by atoms with Crippen LogP contribution in [0.3, 0.4) is 0 Å². The molecule has 1 aromatic carbocycles. The molecule has 0 fully saturated rings. The van der Waals surface area contributed by atoms with Gasteiger partial charge in [-0.25, -0.2) is 0 Å². The zero-order valence-corrected chi connectivity index (χ0v) is 11.2. The number of nitrogen functional groups attached to an aromatic ring is 1. The lowest BCUT2D eigenvalue weighted by Crippen LogP contribution is -2.07. The molecule has 4 nitrogen and oxygen atoms in total. The molecule has 96 valence electrons. The van der Waals surface area contributed by atoms with Crippen molar-refractivity contribution in [2.75, 3.05) is 25.2 Å². The van der Waals surface area contributed by atoms with Gasteiger partial charge in [0.1, 0.15) is 17.4 Å². The van der Waals surface area contributed by atoms with Crippen LogP contribution in [0.2, 0.25) is 5.02 Å². The van der Waals surface area contributed by atoms with Crippen LogP contribution < -0.4 is 15.8 Å². The minimum absolute atomic E-state index is 0.563. The van der Waals surface area contributed by atoms with Gasteiger partial charge in [-0.15, -0.1) is 0 Å². The van der Waals surface area contributed by atoms with Gasteiger partial charge >= 0.3 is 0 Å². The Labute approximate surface area is 111 Å². The Bertz CT molecular complexity index is 534. The van der Waals surface area contributed by atoms with Crippen molar-refractivity contribution in [2.24, 2.45) is 0 Å². The Kier molecular flexibility index (Phi) is 3.67. The van der Waals surface area contributed by atoms with E-state index in [1.54, 1.807) is 7.11 Å². The fraction of sp³-hybridized carbons (Fsp3) is 0.231. The second-order valence-electron chi connectivity index (χ2n) is 3.95. The van der Waals surface area contributed by atoms with Crippen LogP contribution in [0.25, 0.3) is 0 Å². The highest BCUT2D eigenvalue weighted by atomic mass is 35.5. The van der Waals surface area contributed by atoms with Crippen molar-refractivity contribution < 1.29 is 4.74 Å². The Morgan fingerprint density at radius 3 is 2.56 bits per heavy atom. The van der Waals surface area contributed by atoms with E-state index in [0.717, 1.165) is 17.1 Å². The molecule has 1 heterocycles. The van der Waals surface area contributed by atoms with E-state index in [2.05, 4.69) is 5.32 Å². The van der Waals surface area contributed by atoms with E-state index in [-0.39, 0.29) is 0 Å². The lowest BCUT2D eigenvalue weighted by molar-refractivity contribution is 0.414. The first kappa shape index (κ1) is 12.6. The van der Waals surface area contributed by atoms with E-state index >= 15 is 0 Å². The number of nitrogens with two attached hydrogens (primary N) is 1. The number of aromatic nitrogens is 1. The second-order valence-corrected chi connectivity index (χ2v) is 4.35. The minimum atomic E-state index is 0.563. The number of nitrogens with one attached hydrogen (secondary N) is 1. The van der Waals surface area contributed by atoms with Crippen molar-refractivity contribution in [3.63, 3.8) is 0 Å². The number of halogens is 1. The average molecular weight is 266 g/mol. The van der Waals surface area contributed by atoms with Crippen molar-refractivity contribution >= 4 is 23.2 Å². The topological polar surface area (TPSA) is 52.2 Å². The van der Waals surface area contributed by atoms with Crippen LogP contribution in [0.4, 0.5) is 11.6 Å². The van der Waals surface area contributed by atoms with Crippen LogP contribution in [-0.4, -0.2) is 18.7 Å². The second kappa shape index (κ2) is 5.23. The van der Waals surface area contributed by atoms with Gasteiger partial charge in [0.15, 0.2) is 0 Å². The van der Waals surface area contributed by atoms with E-state index in [1.807, 2.05) is 41.9 Å². The molecule has 1 aromatic heterocycles. The number of methoxy groups -OCH3 is 1. The van der Waals surface area contributed by atoms with Crippen molar-refractivity contribution in [1.82, 2.24) is 4.57 Å². The summed E-state index contributed by atoms with van der Waals surface area (Å²) < 4.78 is 7.06. The Balaban J connectivity index is 2.27. The van der Waals surface area contributed by atoms with Crippen LogP contribution >= 0.6 is 11.6 Å².